The van der Waals surface area contributed by atoms with Crippen molar-refractivity contribution in [1.29, 1.82) is 0 Å². The monoisotopic (exact) mass is 355 g/mol. The summed E-state index contributed by atoms with van der Waals surface area (Å²) in [6.07, 6.45) is 0.826. The van der Waals surface area contributed by atoms with Crippen LogP contribution in [0.15, 0.2) is 36.4 Å². The molecule has 1 heterocycles. The van der Waals surface area contributed by atoms with Crippen molar-refractivity contribution in [2.24, 2.45) is 0 Å². The Labute approximate surface area is 151 Å². The molecule has 26 heavy (non-hydrogen) atoms. The number of rotatable bonds is 4. The number of hydrogen-bond acceptors (Lipinski definition) is 4. The zero-order chi connectivity index (χ0) is 18.7. The molecular formula is C19H21N3O4. The lowest BCUT2D eigenvalue weighted by atomic mass is 10.1. The molecular weight excluding hydrogens is 334 g/mol. The third kappa shape index (κ3) is 3.56. The van der Waals surface area contributed by atoms with E-state index in [0.29, 0.717) is 29.4 Å². The van der Waals surface area contributed by atoms with E-state index in [4.69, 9.17) is 9.47 Å². The summed E-state index contributed by atoms with van der Waals surface area (Å²) < 4.78 is 10.4. The van der Waals surface area contributed by atoms with Gasteiger partial charge in [0.2, 0.25) is 5.91 Å². The molecule has 136 valence electrons. The van der Waals surface area contributed by atoms with Crippen LogP contribution in [0.25, 0.3) is 0 Å². The summed E-state index contributed by atoms with van der Waals surface area (Å²) in [7, 11) is 3.09. The second-order valence-electron chi connectivity index (χ2n) is 5.91. The van der Waals surface area contributed by atoms with Crippen molar-refractivity contribution in [2.45, 2.75) is 13.3 Å². The van der Waals surface area contributed by atoms with Gasteiger partial charge in [-0.2, -0.15) is 0 Å². The van der Waals surface area contributed by atoms with Gasteiger partial charge in [-0.3, -0.25) is 4.79 Å². The van der Waals surface area contributed by atoms with Crippen LogP contribution in [-0.4, -0.2) is 32.7 Å². The van der Waals surface area contributed by atoms with E-state index in [9.17, 15) is 9.59 Å². The van der Waals surface area contributed by atoms with Crippen molar-refractivity contribution in [3.05, 3.63) is 42.0 Å². The molecule has 0 saturated heterocycles. The Balaban J connectivity index is 1.71. The average Bonchev–Trinajstić information content (AvgIpc) is 3.05. The lowest BCUT2D eigenvalue weighted by Crippen LogP contribution is -2.26. The zero-order valence-corrected chi connectivity index (χ0v) is 15.0. The largest absolute Gasteiger partial charge is 0.493 e. The molecule has 0 fully saturated rings. The van der Waals surface area contributed by atoms with Crippen LogP contribution < -0.4 is 25.0 Å². The second-order valence-corrected chi connectivity index (χ2v) is 5.91. The molecule has 0 aromatic heterocycles. The minimum absolute atomic E-state index is 0.00400. The second kappa shape index (κ2) is 7.35. The zero-order valence-electron chi connectivity index (χ0n) is 15.0. The van der Waals surface area contributed by atoms with Crippen LogP contribution in [0, 0.1) is 0 Å². The molecule has 3 amide bonds. The van der Waals surface area contributed by atoms with Gasteiger partial charge in [0.25, 0.3) is 0 Å². The molecule has 1 aliphatic heterocycles. The Bertz CT molecular complexity index is 851. The quantitative estimate of drug-likeness (QED) is 0.882. The minimum atomic E-state index is -0.385. The summed E-state index contributed by atoms with van der Waals surface area (Å²) in [5, 5.41) is 5.54. The summed E-state index contributed by atoms with van der Waals surface area (Å²) >= 11 is 0. The molecule has 0 radical (unpaired) electrons. The van der Waals surface area contributed by atoms with Crippen LogP contribution >= 0.6 is 0 Å². The normalized spacial score (nSPS) is 12.3. The van der Waals surface area contributed by atoms with Crippen molar-refractivity contribution in [1.82, 2.24) is 0 Å². The number of urea groups is 1. The van der Waals surface area contributed by atoms with Crippen molar-refractivity contribution in [2.75, 3.05) is 36.3 Å². The molecule has 0 saturated carbocycles. The highest BCUT2D eigenvalue weighted by Crippen LogP contribution is 2.32. The number of amides is 3. The molecule has 0 atom stereocenters. The van der Waals surface area contributed by atoms with E-state index in [0.717, 1.165) is 17.7 Å². The molecule has 3 rings (SSSR count). The topological polar surface area (TPSA) is 79.9 Å². The van der Waals surface area contributed by atoms with Crippen molar-refractivity contribution in [3.63, 3.8) is 0 Å². The molecule has 7 nitrogen and oxygen atoms in total. The lowest BCUT2D eigenvalue weighted by molar-refractivity contribution is -0.116. The fourth-order valence-corrected chi connectivity index (χ4v) is 2.99. The van der Waals surface area contributed by atoms with Gasteiger partial charge in [0.15, 0.2) is 11.5 Å². The van der Waals surface area contributed by atoms with Gasteiger partial charge in [-0.05, 0) is 36.2 Å². The lowest BCUT2D eigenvalue weighted by Gasteiger charge is -2.16. The first kappa shape index (κ1) is 17.6. The van der Waals surface area contributed by atoms with E-state index >= 15 is 0 Å². The number of nitrogens with one attached hydrogen (secondary N) is 2. The van der Waals surface area contributed by atoms with Crippen LogP contribution in [0.3, 0.4) is 0 Å². The van der Waals surface area contributed by atoms with E-state index < -0.39 is 0 Å². The van der Waals surface area contributed by atoms with Gasteiger partial charge >= 0.3 is 6.03 Å². The molecule has 1 aliphatic rings. The highest BCUT2D eigenvalue weighted by molar-refractivity contribution is 6.01. The number of nitrogens with zero attached hydrogens (tertiary/aromatic N) is 1. The SMILES string of the molecule is COc1ccc(NC(=O)Nc2ccc3c(c2)N(C(C)=O)CC3)cc1OC. The van der Waals surface area contributed by atoms with Gasteiger partial charge in [0, 0.05) is 36.6 Å². The summed E-state index contributed by atoms with van der Waals surface area (Å²) in [5.41, 5.74) is 3.15. The number of benzene rings is 2. The Morgan fingerprint density at radius 3 is 2.27 bits per heavy atom. The summed E-state index contributed by atoms with van der Waals surface area (Å²) in [4.78, 5) is 25.7. The smallest absolute Gasteiger partial charge is 0.323 e. The summed E-state index contributed by atoms with van der Waals surface area (Å²) in [6.45, 7) is 2.21. The van der Waals surface area contributed by atoms with E-state index in [1.54, 1.807) is 37.1 Å². The number of anilines is 3. The van der Waals surface area contributed by atoms with Crippen LogP contribution in [0.1, 0.15) is 12.5 Å². The Kier molecular flexibility index (Phi) is 4.97. The predicted molar refractivity (Wildman–Crippen MR) is 100 cm³/mol. The number of fused-ring (bicyclic) bond motifs is 1. The van der Waals surface area contributed by atoms with Crippen LogP contribution in [0.5, 0.6) is 11.5 Å². The minimum Gasteiger partial charge on any atom is -0.493 e. The molecule has 2 aromatic rings. The third-order valence-electron chi connectivity index (χ3n) is 4.26. The molecule has 0 spiro atoms. The molecule has 2 N–H and O–H groups in total. The summed E-state index contributed by atoms with van der Waals surface area (Å²) in [5.74, 6) is 1.11. The van der Waals surface area contributed by atoms with Crippen LogP contribution in [0.4, 0.5) is 21.9 Å². The van der Waals surface area contributed by atoms with E-state index in [2.05, 4.69) is 10.6 Å². The van der Waals surface area contributed by atoms with Crippen LogP contribution in [-0.2, 0) is 11.2 Å². The van der Waals surface area contributed by atoms with Gasteiger partial charge in [0.05, 0.1) is 14.2 Å². The van der Waals surface area contributed by atoms with Crippen molar-refractivity contribution < 1.29 is 19.1 Å². The van der Waals surface area contributed by atoms with Gasteiger partial charge in [-0.25, -0.2) is 4.79 Å². The van der Waals surface area contributed by atoms with Gasteiger partial charge in [-0.15, -0.1) is 0 Å². The number of ether oxygens (including phenoxy) is 2. The van der Waals surface area contributed by atoms with Crippen molar-refractivity contribution in [3.8, 4) is 11.5 Å². The van der Waals surface area contributed by atoms with Crippen molar-refractivity contribution >= 4 is 29.0 Å². The van der Waals surface area contributed by atoms with E-state index in [-0.39, 0.29) is 11.9 Å². The predicted octanol–water partition coefficient (Wildman–Crippen LogP) is 3.26. The molecule has 2 aromatic carbocycles. The number of carbonyl (C=O) groups excluding carboxylic acids is 2. The highest BCUT2D eigenvalue weighted by Gasteiger charge is 2.22. The van der Waals surface area contributed by atoms with Gasteiger partial charge in [-0.1, -0.05) is 6.07 Å². The fourth-order valence-electron chi connectivity index (χ4n) is 2.99. The summed E-state index contributed by atoms with van der Waals surface area (Å²) in [6, 6.07) is 10.3. The Morgan fingerprint density at radius 2 is 1.62 bits per heavy atom. The van der Waals surface area contributed by atoms with Gasteiger partial charge < -0.3 is 25.0 Å². The maximum Gasteiger partial charge on any atom is 0.323 e. The van der Waals surface area contributed by atoms with Gasteiger partial charge in [0.1, 0.15) is 0 Å². The first-order chi connectivity index (χ1) is 12.5. The molecule has 0 aliphatic carbocycles. The standard InChI is InChI=1S/C19H21N3O4/c1-12(23)22-9-8-13-4-5-14(10-16(13)22)20-19(24)21-15-6-7-17(25-2)18(11-15)26-3/h4-7,10-11H,8-9H2,1-3H3,(H2,20,21,24). The molecule has 0 bridgehead atoms. The van der Waals surface area contributed by atoms with Crippen LogP contribution in [0.2, 0.25) is 0 Å². The Morgan fingerprint density at radius 1 is 0.962 bits per heavy atom. The maximum absolute atomic E-state index is 12.3. The fraction of sp³-hybridized carbons (Fsp3) is 0.263. The van der Waals surface area contributed by atoms with E-state index in [1.807, 2.05) is 18.2 Å². The third-order valence-corrected chi connectivity index (χ3v) is 4.26. The highest BCUT2D eigenvalue weighted by atomic mass is 16.5. The molecule has 7 heteroatoms. The number of methoxy groups -OCH3 is 2. The average molecular weight is 355 g/mol. The van der Waals surface area contributed by atoms with E-state index in [1.165, 1.54) is 7.11 Å². The first-order valence-electron chi connectivity index (χ1n) is 8.23. The maximum atomic E-state index is 12.3. The first-order valence-corrected chi connectivity index (χ1v) is 8.23. The molecule has 0 unspecified atom stereocenters. The number of hydrogen-bond donors (Lipinski definition) is 2. The number of carbonyl (C=O) groups is 2. The Hall–Kier alpha value is -3.22.